The first-order chi connectivity index (χ1) is 10.5. The van der Waals surface area contributed by atoms with Gasteiger partial charge in [0.15, 0.2) is 0 Å². The maximum Gasteiger partial charge on any atom is 0.244 e. The molecule has 0 radical (unpaired) electrons. The Morgan fingerprint density at radius 1 is 1.09 bits per heavy atom. The van der Waals surface area contributed by atoms with E-state index in [-0.39, 0.29) is 5.37 Å². The maximum absolute atomic E-state index is 12.9. The van der Waals surface area contributed by atoms with Crippen LogP contribution >= 0.6 is 34.4 Å². The van der Waals surface area contributed by atoms with Crippen molar-refractivity contribution in [3.05, 3.63) is 63.2 Å². The molecule has 0 saturated carbocycles. The van der Waals surface area contributed by atoms with Crippen LogP contribution < -0.4 is 0 Å². The zero-order chi connectivity index (χ0) is 15.7. The smallest absolute Gasteiger partial charge is 0.207 e. The molecule has 3 nitrogen and oxygen atoms in total. The molecule has 1 heterocycles. The molecular weight excluding hydrogens is 429 g/mol. The highest BCUT2D eigenvalue weighted by atomic mass is 127. The Hall–Kier alpha value is -0.570. The summed E-state index contributed by atoms with van der Waals surface area (Å²) in [6, 6.07) is 15.1. The molecule has 0 aliphatic carbocycles. The summed E-state index contributed by atoms with van der Waals surface area (Å²) < 4.78 is 28.5. The third kappa shape index (κ3) is 3.20. The van der Waals surface area contributed by atoms with E-state index in [2.05, 4.69) is 22.6 Å². The number of sulfonamides is 1. The first kappa shape index (κ1) is 16.3. The zero-order valence-corrected chi connectivity index (χ0v) is 15.9. The lowest BCUT2D eigenvalue weighted by molar-refractivity contribution is 0.434. The van der Waals surface area contributed by atoms with Crippen molar-refractivity contribution in [3.63, 3.8) is 0 Å². The van der Waals surface area contributed by atoms with Gasteiger partial charge in [0.1, 0.15) is 0 Å². The molecule has 0 N–H and O–H groups in total. The summed E-state index contributed by atoms with van der Waals surface area (Å²) >= 11 is 3.86. The Balaban J connectivity index is 1.95. The molecule has 0 aromatic heterocycles. The van der Waals surface area contributed by atoms with Crippen molar-refractivity contribution in [2.24, 2.45) is 0 Å². The molecule has 1 atom stereocenters. The van der Waals surface area contributed by atoms with Gasteiger partial charge in [0.2, 0.25) is 10.0 Å². The number of nitrogens with zero attached hydrogens (tertiary/aromatic N) is 1. The first-order valence-electron chi connectivity index (χ1n) is 6.94. The minimum Gasteiger partial charge on any atom is -0.207 e. The van der Waals surface area contributed by atoms with Gasteiger partial charge in [-0.25, -0.2) is 8.42 Å². The molecule has 0 amide bonds. The van der Waals surface area contributed by atoms with Crippen molar-refractivity contribution in [3.8, 4) is 0 Å². The van der Waals surface area contributed by atoms with Gasteiger partial charge in [0.25, 0.3) is 0 Å². The SMILES string of the molecule is Cc1ccc(C2SCCN2S(=O)(=O)c2ccc(I)cc2)cc1. The minimum atomic E-state index is -3.45. The summed E-state index contributed by atoms with van der Waals surface area (Å²) in [5.41, 5.74) is 2.22. The Kier molecular flexibility index (Phi) is 4.82. The van der Waals surface area contributed by atoms with Gasteiger partial charge in [-0.15, -0.1) is 11.8 Å². The van der Waals surface area contributed by atoms with Crippen LogP contribution in [0.2, 0.25) is 0 Å². The Morgan fingerprint density at radius 2 is 1.73 bits per heavy atom. The number of hydrogen-bond acceptors (Lipinski definition) is 3. The zero-order valence-electron chi connectivity index (χ0n) is 12.1. The highest BCUT2D eigenvalue weighted by Crippen LogP contribution is 2.41. The maximum atomic E-state index is 12.9. The van der Waals surface area contributed by atoms with Crippen LogP contribution in [0, 0.1) is 10.5 Å². The molecule has 22 heavy (non-hydrogen) atoms. The normalized spacial score (nSPS) is 19.5. The van der Waals surface area contributed by atoms with Gasteiger partial charge in [-0.1, -0.05) is 29.8 Å². The minimum absolute atomic E-state index is 0.134. The van der Waals surface area contributed by atoms with E-state index in [0.29, 0.717) is 11.4 Å². The molecule has 6 heteroatoms. The largest absolute Gasteiger partial charge is 0.244 e. The Labute approximate surface area is 149 Å². The van der Waals surface area contributed by atoms with Crippen LogP contribution in [0.3, 0.4) is 0 Å². The van der Waals surface area contributed by atoms with Gasteiger partial charge in [0.05, 0.1) is 10.3 Å². The van der Waals surface area contributed by atoms with Gasteiger partial charge in [-0.3, -0.25) is 0 Å². The van der Waals surface area contributed by atoms with E-state index < -0.39 is 10.0 Å². The van der Waals surface area contributed by atoms with Crippen LogP contribution in [0.25, 0.3) is 0 Å². The summed E-state index contributed by atoms with van der Waals surface area (Å²) in [5.74, 6) is 0.822. The van der Waals surface area contributed by atoms with Crippen molar-refractivity contribution in [2.45, 2.75) is 17.2 Å². The van der Waals surface area contributed by atoms with Gasteiger partial charge in [0, 0.05) is 15.9 Å². The summed E-state index contributed by atoms with van der Waals surface area (Å²) in [6.07, 6.45) is 0. The average molecular weight is 445 g/mol. The fourth-order valence-corrected chi connectivity index (χ4v) is 6.04. The second kappa shape index (κ2) is 6.51. The number of benzene rings is 2. The molecule has 1 saturated heterocycles. The lowest BCUT2D eigenvalue weighted by atomic mass is 10.1. The second-order valence-electron chi connectivity index (χ2n) is 5.20. The summed E-state index contributed by atoms with van der Waals surface area (Å²) in [4.78, 5) is 0.368. The highest BCUT2D eigenvalue weighted by Gasteiger charge is 2.36. The Morgan fingerprint density at radius 3 is 2.36 bits per heavy atom. The van der Waals surface area contributed by atoms with Crippen LogP contribution in [0.5, 0.6) is 0 Å². The number of aryl methyl sites for hydroxylation is 1. The molecule has 1 aliphatic heterocycles. The van der Waals surface area contributed by atoms with Crippen molar-refractivity contribution >= 4 is 44.4 Å². The molecule has 1 aliphatic rings. The topological polar surface area (TPSA) is 37.4 Å². The van der Waals surface area contributed by atoms with Gasteiger partial charge in [-0.2, -0.15) is 4.31 Å². The lowest BCUT2D eigenvalue weighted by Gasteiger charge is -2.23. The van der Waals surface area contributed by atoms with E-state index in [1.165, 1.54) is 5.56 Å². The molecular formula is C16H16INO2S2. The van der Waals surface area contributed by atoms with E-state index in [1.807, 2.05) is 43.3 Å². The fourth-order valence-electron chi connectivity index (χ4n) is 2.44. The third-order valence-corrected chi connectivity index (χ3v) is 7.62. The lowest BCUT2D eigenvalue weighted by Crippen LogP contribution is -2.30. The first-order valence-corrected chi connectivity index (χ1v) is 10.5. The van der Waals surface area contributed by atoms with Crippen molar-refractivity contribution < 1.29 is 8.42 Å². The predicted octanol–water partition coefficient (Wildman–Crippen LogP) is 4.04. The van der Waals surface area contributed by atoms with Crippen LogP contribution in [0.1, 0.15) is 16.5 Å². The number of rotatable bonds is 3. The quantitative estimate of drug-likeness (QED) is 0.670. The van der Waals surface area contributed by atoms with E-state index in [1.54, 1.807) is 28.2 Å². The molecule has 2 aromatic carbocycles. The molecule has 2 aromatic rings. The average Bonchev–Trinajstić information content (AvgIpc) is 2.99. The van der Waals surface area contributed by atoms with Gasteiger partial charge >= 0.3 is 0 Å². The molecule has 1 fully saturated rings. The predicted molar refractivity (Wildman–Crippen MR) is 99.4 cm³/mol. The molecule has 1 unspecified atom stereocenters. The van der Waals surface area contributed by atoms with Gasteiger partial charge < -0.3 is 0 Å². The van der Waals surface area contributed by atoms with Crippen LogP contribution in [-0.4, -0.2) is 25.0 Å². The highest BCUT2D eigenvalue weighted by molar-refractivity contribution is 14.1. The van der Waals surface area contributed by atoms with E-state index >= 15 is 0 Å². The summed E-state index contributed by atoms with van der Waals surface area (Å²) in [7, 11) is -3.45. The van der Waals surface area contributed by atoms with Gasteiger partial charge in [-0.05, 0) is 59.3 Å². The van der Waals surface area contributed by atoms with Crippen LogP contribution in [0.4, 0.5) is 0 Å². The standard InChI is InChI=1S/C16H16INO2S2/c1-12-2-4-13(5-3-12)16-18(10-11-21-16)22(19,20)15-8-6-14(17)7-9-15/h2-9,16H,10-11H2,1H3. The number of thioether (sulfide) groups is 1. The fraction of sp³-hybridized carbons (Fsp3) is 0.250. The number of halogens is 1. The summed E-state index contributed by atoms with van der Waals surface area (Å²) in [6.45, 7) is 2.59. The van der Waals surface area contributed by atoms with Crippen molar-refractivity contribution in [1.29, 1.82) is 0 Å². The molecule has 116 valence electrons. The van der Waals surface area contributed by atoms with Crippen LogP contribution in [-0.2, 0) is 10.0 Å². The van der Waals surface area contributed by atoms with Crippen molar-refractivity contribution in [1.82, 2.24) is 4.31 Å². The van der Waals surface area contributed by atoms with E-state index in [4.69, 9.17) is 0 Å². The monoisotopic (exact) mass is 445 g/mol. The van der Waals surface area contributed by atoms with E-state index in [0.717, 1.165) is 14.9 Å². The summed E-state index contributed by atoms with van der Waals surface area (Å²) in [5, 5.41) is -0.134. The molecule has 0 spiro atoms. The number of hydrogen-bond donors (Lipinski definition) is 0. The second-order valence-corrected chi connectivity index (χ2v) is 9.53. The third-order valence-electron chi connectivity index (χ3n) is 3.63. The molecule has 3 rings (SSSR count). The van der Waals surface area contributed by atoms with Crippen molar-refractivity contribution in [2.75, 3.05) is 12.3 Å². The van der Waals surface area contributed by atoms with E-state index in [9.17, 15) is 8.42 Å². The molecule has 0 bridgehead atoms. The Bertz CT molecular complexity index is 758. The van der Waals surface area contributed by atoms with Crippen LogP contribution in [0.15, 0.2) is 53.4 Å².